The third kappa shape index (κ3) is 3.37. The van der Waals surface area contributed by atoms with Gasteiger partial charge >= 0.3 is 0 Å². The Morgan fingerprint density at radius 2 is 1.73 bits per heavy atom. The zero-order valence-corrected chi connectivity index (χ0v) is 13.8. The molecule has 0 saturated carbocycles. The minimum atomic E-state index is -0.832. The summed E-state index contributed by atoms with van der Waals surface area (Å²) in [5, 5.41) is 8.31. The third-order valence-electron chi connectivity index (χ3n) is 4.15. The van der Waals surface area contributed by atoms with Crippen molar-refractivity contribution in [1.82, 2.24) is 15.2 Å². The number of nitrogens with zero attached hydrogens (tertiary/aromatic N) is 2. The second kappa shape index (κ2) is 6.88. The smallest absolute Gasteiger partial charge is 0.159 e. The van der Waals surface area contributed by atoms with Crippen LogP contribution in [0, 0.1) is 11.6 Å². The van der Waals surface area contributed by atoms with E-state index in [0.717, 1.165) is 39.5 Å². The second-order valence-corrected chi connectivity index (χ2v) is 6.00. The van der Waals surface area contributed by atoms with E-state index >= 15 is 0 Å². The highest BCUT2D eigenvalue weighted by Gasteiger charge is 2.07. The molecule has 0 aliphatic rings. The van der Waals surface area contributed by atoms with E-state index < -0.39 is 11.6 Å². The highest BCUT2D eigenvalue weighted by Crippen LogP contribution is 2.22. The molecule has 2 heterocycles. The highest BCUT2D eigenvalue weighted by atomic mass is 19.2. The number of aromatic amines is 1. The van der Waals surface area contributed by atoms with Crippen LogP contribution in [0.15, 0.2) is 60.8 Å². The number of rotatable bonds is 4. The maximum atomic E-state index is 13.4. The predicted molar refractivity (Wildman–Crippen MR) is 98.4 cm³/mol. The Morgan fingerprint density at radius 3 is 2.54 bits per heavy atom. The summed E-state index contributed by atoms with van der Waals surface area (Å²) in [4.78, 5) is 4.26. The first-order chi connectivity index (χ1) is 12.7. The van der Waals surface area contributed by atoms with Crippen LogP contribution in [0.3, 0.4) is 0 Å². The molecule has 26 heavy (non-hydrogen) atoms. The van der Waals surface area contributed by atoms with Crippen molar-refractivity contribution in [2.45, 2.75) is 6.42 Å². The zero-order chi connectivity index (χ0) is 17.9. The van der Waals surface area contributed by atoms with E-state index in [1.54, 1.807) is 12.3 Å². The molecule has 2 aromatic carbocycles. The Kier molecular flexibility index (Phi) is 4.27. The van der Waals surface area contributed by atoms with Gasteiger partial charge in [0.25, 0.3) is 0 Å². The Labute approximate surface area is 149 Å². The lowest BCUT2D eigenvalue weighted by atomic mass is 10.0. The van der Waals surface area contributed by atoms with Gasteiger partial charge in [-0.2, -0.15) is 5.10 Å². The molecule has 0 radical (unpaired) electrons. The maximum Gasteiger partial charge on any atom is 0.159 e. The van der Waals surface area contributed by atoms with Gasteiger partial charge in [-0.25, -0.2) is 8.78 Å². The van der Waals surface area contributed by atoms with Gasteiger partial charge in [-0.05, 0) is 66.1 Å². The summed E-state index contributed by atoms with van der Waals surface area (Å²) in [6, 6.07) is 15.6. The standard InChI is InChI=1S/C21H15F2N3/c22-18-7-4-15(13-19(18)23)11-14-5-8-20-17(12-14)21(26-25-20)9-6-16-3-1-2-10-24-16/h1-10,12-13H,11H2,(H,25,26). The molecule has 5 heteroatoms. The van der Waals surface area contributed by atoms with Crippen molar-refractivity contribution in [2.75, 3.05) is 0 Å². The summed E-state index contributed by atoms with van der Waals surface area (Å²) in [7, 11) is 0. The molecule has 0 unspecified atom stereocenters. The van der Waals surface area contributed by atoms with E-state index in [0.29, 0.717) is 6.42 Å². The quantitative estimate of drug-likeness (QED) is 0.565. The summed E-state index contributed by atoms with van der Waals surface area (Å²) < 4.78 is 26.5. The minimum Gasteiger partial charge on any atom is -0.277 e. The highest BCUT2D eigenvalue weighted by molar-refractivity contribution is 5.89. The van der Waals surface area contributed by atoms with Crippen LogP contribution in [0.1, 0.15) is 22.5 Å². The summed E-state index contributed by atoms with van der Waals surface area (Å²) in [6.45, 7) is 0. The molecular formula is C21H15F2N3. The molecule has 0 amide bonds. The normalized spacial score (nSPS) is 11.5. The fraction of sp³-hybridized carbons (Fsp3) is 0.0476. The van der Waals surface area contributed by atoms with E-state index in [2.05, 4.69) is 15.2 Å². The van der Waals surface area contributed by atoms with Crippen LogP contribution in [0.25, 0.3) is 23.1 Å². The van der Waals surface area contributed by atoms with E-state index in [-0.39, 0.29) is 0 Å². The number of benzene rings is 2. The summed E-state index contributed by atoms with van der Waals surface area (Å²) in [6.07, 6.45) is 6.06. The number of nitrogens with one attached hydrogen (secondary N) is 1. The molecule has 2 aromatic heterocycles. The predicted octanol–water partition coefficient (Wildman–Crippen LogP) is 5.00. The molecule has 0 bridgehead atoms. The van der Waals surface area contributed by atoms with Gasteiger partial charge in [0.05, 0.1) is 16.9 Å². The van der Waals surface area contributed by atoms with Crippen LogP contribution in [0.4, 0.5) is 8.78 Å². The van der Waals surface area contributed by atoms with Gasteiger partial charge in [0, 0.05) is 11.6 Å². The lowest BCUT2D eigenvalue weighted by molar-refractivity contribution is 0.507. The van der Waals surface area contributed by atoms with Crippen molar-refractivity contribution in [2.24, 2.45) is 0 Å². The van der Waals surface area contributed by atoms with Crippen LogP contribution in [0.2, 0.25) is 0 Å². The van der Waals surface area contributed by atoms with E-state index in [9.17, 15) is 8.78 Å². The van der Waals surface area contributed by atoms with Gasteiger partial charge in [-0.3, -0.25) is 10.1 Å². The van der Waals surface area contributed by atoms with Crippen LogP contribution in [-0.4, -0.2) is 15.2 Å². The lowest BCUT2D eigenvalue weighted by Gasteiger charge is -2.03. The zero-order valence-electron chi connectivity index (χ0n) is 13.8. The maximum absolute atomic E-state index is 13.4. The van der Waals surface area contributed by atoms with Gasteiger partial charge in [-0.15, -0.1) is 0 Å². The molecule has 1 N–H and O–H groups in total. The topological polar surface area (TPSA) is 41.6 Å². The molecule has 0 fully saturated rings. The van der Waals surface area contributed by atoms with Crippen molar-refractivity contribution >= 4 is 23.1 Å². The van der Waals surface area contributed by atoms with Gasteiger partial charge in [-0.1, -0.05) is 18.2 Å². The van der Waals surface area contributed by atoms with Gasteiger partial charge < -0.3 is 0 Å². The SMILES string of the molecule is Fc1ccc(Cc2ccc3[nH]nc(C=Cc4ccccn4)c3c2)cc1F. The number of hydrogen-bond acceptors (Lipinski definition) is 2. The van der Waals surface area contributed by atoms with Crippen LogP contribution >= 0.6 is 0 Å². The number of aromatic nitrogens is 3. The van der Waals surface area contributed by atoms with E-state index in [1.165, 1.54) is 6.07 Å². The van der Waals surface area contributed by atoms with E-state index in [1.807, 2.05) is 48.6 Å². The van der Waals surface area contributed by atoms with Crippen LogP contribution in [0.5, 0.6) is 0 Å². The second-order valence-electron chi connectivity index (χ2n) is 6.00. The van der Waals surface area contributed by atoms with Gasteiger partial charge in [0.2, 0.25) is 0 Å². The molecule has 0 spiro atoms. The number of fused-ring (bicyclic) bond motifs is 1. The lowest BCUT2D eigenvalue weighted by Crippen LogP contribution is -1.91. The molecule has 0 aliphatic carbocycles. The number of pyridine rings is 1. The van der Waals surface area contributed by atoms with Crippen LogP contribution in [-0.2, 0) is 6.42 Å². The van der Waals surface area contributed by atoms with Crippen molar-refractivity contribution in [1.29, 1.82) is 0 Å². The Bertz CT molecular complexity index is 1090. The largest absolute Gasteiger partial charge is 0.277 e. The summed E-state index contributed by atoms with van der Waals surface area (Å²) in [5.41, 5.74) is 4.29. The fourth-order valence-corrected chi connectivity index (χ4v) is 2.84. The van der Waals surface area contributed by atoms with Gasteiger partial charge in [0.15, 0.2) is 11.6 Å². The van der Waals surface area contributed by atoms with E-state index in [4.69, 9.17) is 0 Å². The Balaban J connectivity index is 1.64. The first kappa shape index (κ1) is 16.1. The Hall–Kier alpha value is -3.34. The molecular weight excluding hydrogens is 332 g/mol. The molecule has 3 nitrogen and oxygen atoms in total. The van der Waals surface area contributed by atoms with Crippen molar-refractivity contribution < 1.29 is 8.78 Å². The summed E-state index contributed by atoms with van der Waals surface area (Å²) in [5.74, 6) is -1.66. The molecule has 0 aliphatic heterocycles. The van der Waals surface area contributed by atoms with Crippen molar-refractivity contribution in [3.8, 4) is 0 Å². The molecule has 4 rings (SSSR count). The number of H-pyrrole nitrogens is 1. The number of hydrogen-bond donors (Lipinski definition) is 1. The monoisotopic (exact) mass is 347 g/mol. The van der Waals surface area contributed by atoms with Crippen molar-refractivity contribution in [3.63, 3.8) is 0 Å². The minimum absolute atomic E-state index is 0.516. The van der Waals surface area contributed by atoms with Crippen LogP contribution < -0.4 is 0 Å². The van der Waals surface area contributed by atoms with Crippen molar-refractivity contribution in [3.05, 3.63) is 94.9 Å². The first-order valence-corrected chi connectivity index (χ1v) is 8.19. The third-order valence-corrected chi connectivity index (χ3v) is 4.15. The first-order valence-electron chi connectivity index (χ1n) is 8.19. The average Bonchev–Trinajstić information content (AvgIpc) is 3.06. The average molecular weight is 347 g/mol. The molecule has 128 valence electrons. The molecule has 4 aromatic rings. The molecule has 0 saturated heterocycles. The Morgan fingerprint density at radius 1 is 0.885 bits per heavy atom. The molecule has 0 atom stereocenters. The van der Waals surface area contributed by atoms with Gasteiger partial charge in [0.1, 0.15) is 0 Å². The fourth-order valence-electron chi connectivity index (χ4n) is 2.84. The summed E-state index contributed by atoms with van der Waals surface area (Å²) >= 11 is 0. The number of halogens is 2.